The van der Waals surface area contributed by atoms with Crippen LogP contribution in [-0.4, -0.2) is 23.2 Å². The molecule has 6 nitrogen and oxygen atoms in total. The van der Waals surface area contributed by atoms with E-state index in [1.54, 1.807) is 24.4 Å². The molecule has 0 unspecified atom stereocenters. The molecule has 5 rings (SSSR count). The summed E-state index contributed by atoms with van der Waals surface area (Å²) in [5.41, 5.74) is 2.96. The molecule has 1 N–H and O–H groups in total. The number of hydrogen-bond donors (Lipinski definition) is 1. The zero-order valence-electron chi connectivity index (χ0n) is 18.1. The van der Waals surface area contributed by atoms with E-state index in [1.807, 2.05) is 65.6 Å². The number of halogens is 1. The number of anilines is 1. The van der Waals surface area contributed by atoms with Gasteiger partial charge in [0.25, 0.3) is 0 Å². The molecule has 2 aromatic carbocycles. The molecule has 0 saturated carbocycles. The zero-order chi connectivity index (χ0) is 23.7. The number of hydrogen-bond acceptors (Lipinski definition) is 5. The fourth-order valence-electron chi connectivity index (χ4n) is 4.11. The first-order valence-electron chi connectivity index (χ1n) is 10.6. The molecule has 170 valence electrons. The molecule has 1 aliphatic rings. The van der Waals surface area contributed by atoms with Gasteiger partial charge in [-0.1, -0.05) is 29.8 Å². The van der Waals surface area contributed by atoms with Crippen molar-refractivity contribution in [3.8, 4) is 11.3 Å². The fourth-order valence-corrected chi connectivity index (χ4v) is 4.58. The number of aromatic nitrogens is 1. The number of nitrogens with one attached hydrogen (secondary N) is 1. The third-order valence-electron chi connectivity index (χ3n) is 5.69. The van der Waals surface area contributed by atoms with E-state index in [0.717, 1.165) is 16.9 Å². The molecule has 0 bridgehead atoms. The number of ether oxygens (including phenoxy) is 1. The van der Waals surface area contributed by atoms with Gasteiger partial charge in [0.2, 0.25) is 0 Å². The van der Waals surface area contributed by atoms with Gasteiger partial charge in [0, 0.05) is 22.5 Å². The van der Waals surface area contributed by atoms with Gasteiger partial charge in [0.05, 0.1) is 24.4 Å². The van der Waals surface area contributed by atoms with Crippen LogP contribution < -0.4 is 10.2 Å². The van der Waals surface area contributed by atoms with Crippen molar-refractivity contribution in [2.45, 2.75) is 12.1 Å². The Hall–Kier alpha value is -3.68. The van der Waals surface area contributed by atoms with Crippen molar-refractivity contribution < 1.29 is 13.9 Å². The summed E-state index contributed by atoms with van der Waals surface area (Å²) in [5.74, 6) is 0.939. The maximum absolute atomic E-state index is 12.0. The monoisotopic (exact) mass is 489 g/mol. The Morgan fingerprint density at radius 1 is 1.09 bits per heavy atom. The van der Waals surface area contributed by atoms with Crippen LogP contribution in [0.1, 0.15) is 33.9 Å². The summed E-state index contributed by atoms with van der Waals surface area (Å²) < 4.78 is 11.2. The summed E-state index contributed by atoms with van der Waals surface area (Å²) in [7, 11) is 1.36. The highest BCUT2D eigenvalue weighted by atomic mass is 35.5. The molecule has 4 aromatic rings. The highest BCUT2D eigenvalue weighted by Gasteiger charge is 2.42. The van der Waals surface area contributed by atoms with E-state index >= 15 is 0 Å². The molecule has 2 aromatic heterocycles. The van der Waals surface area contributed by atoms with Gasteiger partial charge in [0.15, 0.2) is 5.11 Å². The van der Waals surface area contributed by atoms with E-state index in [9.17, 15) is 4.79 Å². The van der Waals surface area contributed by atoms with E-state index < -0.39 is 5.97 Å². The van der Waals surface area contributed by atoms with Gasteiger partial charge in [-0.25, -0.2) is 4.79 Å². The lowest BCUT2D eigenvalue weighted by Gasteiger charge is -2.26. The molecule has 0 radical (unpaired) electrons. The van der Waals surface area contributed by atoms with Gasteiger partial charge in [0.1, 0.15) is 17.6 Å². The predicted molar refractivity (Wildman–Crippen MR) is 135 cm³/mol. The topological polar surface area (TPSA) is 67.6 Å². The molecule has 3 heterocycles. The van der Waals surface area contributed by atoms with Crippen molar-refractivity contribution in [1.82, 2.24) is 10.3 Å². The third-order valence-corrected chi connectivity index (χ3v) is 6.26. The highest BCUT2D eigenvalue weighted by molar-refractivity contribution is 7.80. The molecule has 34 heavy (non-hydrogen) atoms. The number of pyridine rings is 1. The van der Waals surface area contributed by atoms with Crippen LogP contribution in [0.2, 0.25) is 5.02 Å². The van der Waals surface area contributed by atoms with Crippen LogP contribution in [-0.2, 0) is 4.74 Å². The van der Waals surface area contributed by atoms with Gasteiger partial charge < -0.3 is 19.4 Å². The zero-order valence-corrected chi connectivity index (χ0v) is 19.7. The smallest absolute Gasteiger partial charge is 0.337 e. The second-order valence-corrected chi connectivity index (χ2v) is 8.57. The van der Waals surface area contributed by atoms with Crippen LogP contribution in [0.5, 0.6) is 0 Å². The average molecular weight is 490 g/mol. The summed E-state index contributed by atoms with van der Waals surface area (Å²) in [4.78, 5) is 18.5. The maximum Gasteiger partial charge on any atom is 0.337 e. The first kappa shape index (κ1) is 22.1. The van der Waals surface area contributed by atoms with Gasteiger partial charge >= 0.3 is 5.97 Å². The summed E-state index contributed by atoms with van der Waals surface area (Å²) in [5, 5.41) is 4.61. The van der Waals surface area contributed by atoms with Crippen molar-refractivity contribution in [2.75, 3.05) is 12.0 Å². The number of esters is 1. The first-order chi connectivity index (χ1) is 16.5. The Kier molecular flexibility index (Phi) is 6.04. The minimum absolute atomic E-state index is 0.232. The molecule has 1 saturated heterocycles. The number of rotatable bonds is 5. The molecule has 8 heteroatoms. The molecule has 1 fully saturated rings. The van der Waals surface area contributed by atoms with Crippen LogP contribution in [0, 0.1) is 0 Å². The van der Waals surface area contributed by atoms with Crippen LogP contribution >= 0.6 is 23.8 Å². The lowest BCUT2D eigenvalue weighted by molar-refractivity contribution is 0.0601. The van der Waals surface area contributed by atoms with E-state index in [4.69, 9.17) is 33.0 Å². The quantitative estimate of drug-likeness (QED) is 0.274. The Morgan fingerprint density at radius 2 is 1.91 bits per heavy atom. The van der Waals surface area contributed by atoms with Crippen molar-refractivity contribution in [3.63, 3.8) is 0 Å². The molecule has 0 amide bonds. The third kappa shape index (κ3) is 4.16. The molecule has 0 spiro atoms. The highest BCUT2D eigenvalue weighted by Crippen LogP contribution is 2.43. The minimum atomic E-state index is -0.400. The largest absolute Gasteiger partial charge is 0.465 e. The Bertz CT molecular complexity index is 1340. The number of carbonyl (C=O) groups excluding carboxylic acids is 1. The average Bonchev–Trinajstić information content (AvgIpc) is 3.49. The first-order valence-corrected chi connectivity index (χ1v) is 11.4. The number of thiocarbonyl (C=S) groups is 1. The summed E-state index contributed by atoms with van der Waals surface area (Å²) in [6, 6.07) is 23.7. The van der Waals surface area contributed by atoms with Crippen LogP contribution in [0.15, 0.2) is 89.5 Å². The van der Waals surface area contributed by atoms with E-state index in [0.29, 0.717) is 27.2 Å². The van der Waals surface area contributed by atoms with E-state index in [1.165, 1.54) is 7.11 Å². The normalized spacial score (nSPS) is 17.5. The summed E-state index contributed by atoms with van der Waals surface area (Å²) >= 11 is 11.9. The molecule has 2 atom stereocenters. The molecular formula is C26H20ClN3O3S. The van der Waals surface area contributed by atoms with Crippen LogP contribution in [0.25, 0.3) is 11.3 Å². The second-order valence-electron chi connectivity index (χ2n) is 7.75. The molecule has 0 aliphatic carbocycles. The molecule has 1 aliphatic heterocycles. The molecular weight excluding hydrogens is 470 g/mol. The summed E-state index contributed by atoms with van der Waals surface area (Å²) in [6.07, 6.45) is 1.76. The van der Waals surface area contributed by atoms with Crippen LogP contribution in [0.4, 0.5) is 5.69 Å². The second kappa shape index (κ2) is 9.29. The van der Waals surface area contributed by atoms with Crippen molar-refractivity contribution in [2.24, 2.45) is 0 Å². The minimum Gasteiger partial charge on any atom is -0.465 e. The van der Waals surface area contributed by atoms with Crippen molar-refractivity contribution >= 4 is 40.6 Å². The van der Waals surface area contributed by atoms with Crippen LogP contribution in [0.3, 0.4) is 0 Å². The number of nitrogens with zero attached hydrogens (tertiary/aromatic N) is 2. The van der Waals surface area contributed by atoms with Gasteiger partial charge in [-0.05, 0) is 72.9 Å². The number of methoxy groups -OCH3 is 1. The van der Waals surface area contributed by atoms with Crippen molar-refractivity contribution in [3.05, 3.63) is 107 Å². The maximum atomic E-state index is 12.0. The number of benzene rings is 2. The predicted octanol–water partition coefficient (Wildman–Crippen LogP) is 5.96. The lowest BCUT2D eigenvalue weighted by Crippen LogP contribution is -2.29. The number of carbonyl (C=O) groups is 1. The number of furan rings is 1. The Balaban J connectivity index is 1.57. The lowest BCUT2D eigenvalue weighted by atomic mass is 10.0. The fraction of sp³-hybridized carbons (Fsp3) is 0.115. The van der Waals surface area contributed by atoms with E-state index in [2.05, 4.69) is 10.3 Å². The Labute approximate surface area is 207 Å². The van der Waals surface area contributed by atoms with Gasteiger partial charge in [-0.15, -0.1) is 0 Å². The SMILES string of the molecule is COC(=O)c1cccc(-c2ccc([C@@H]3[C@@H](c4ccccn4)NC(=S)N3c3ccc(Cl)cc3)o2)c1. The standard InChI is InChI=1S/C26H20ClN3O3S/c1-32-25(31)17-6-4-5-16(15-17)21-12-13-22(33-21)24-23(20-7-2-3-14-28-20)29-26(34)30(24)19-10-8-18(27)9-11-19/h2-15,23-24H,1H3,(H,29,34)/t23-,24-/m1/s1. The summed E-state index contributed by atoms with van der Waals surface area (Å²) in [6.45, 7) is 0. The Morgan fingerprint density at radius 3 is 2.65 bits per heavy atom. The van der Waals surface area contributed by atoms with Gasteiger partial charge in [-0.2, -0.15) is 0 Å². The van der Waals surface area contributed by atoms with Crippen molar-refractivity contribution in [1.29, 1.82) is 0 Å². The van der Waals surface area contributed by atoms with Gasteiger partial charge in [-0.3, -0.25) is 4.98 Å². The van der Waals surface area contributed by atoms with E-state index in [-0.39, 0.29) is 12.1 Å².